The first-order valence-corrected chi connectivity index (χ1v) is 10.4. The van der Waals surface area contributed by atoms with Crippen LogP contribution in [-0.2, 0) is 30.8 Å². The number of anilines is 1. The third-order valence-electron chi connectivity index (χ3n) is 4.47. The first kappa shape index (κ1) is 20.5. The molecule has 0 spiro atoms. The summed E-state index contributed by atoms with van der Waals surface area (Å²) >= 11 is 0. The predicted octanol–water partition coefficient (Wildman–Crippen LogP) is 1.36. The van der Waals surface area contributed by atoms with Crippen molar-refractivity contribution in [3.63, 3.8) is 0 Å². The Kier molecular flexibility index (Phi) is 6.26. The zero-order chi connectivity index (χ0) is 20.9. The first-order valence-electron chi connectivity index (χ1n) is 8.95. The number of carbonyl (C=O) groups excluding carboxylic acids is 2. The van der Waals surface area contributed by atoms with Gasteiger partial charge in [-0.3, -0.25) is 9.59 Å². The molecule has 1 aliphatic heterocycles. The number of nitrogens with one attached hydrogen (secondary N) is 1. The van der Waals surface area contributed by atoms with E-state index in [-0.39, 0.29) is 16.4 Å². The Balaban J connectivity index is 1.56. The van der Waals surface area contributed by atoms with Crippen LogP contribution in [0.1, 0.15) is 17.5 Å². The van der Waals surface area contributed by atoms with Gasteiger partial charge < -0.3 is 9.64 Å². The minimum absolute atomic E-state index is 0.0349. The van der Waals surface area contributed by atoms with E-state index in [1.165, 1.54) is 24.3 Å². The molecular formula is C20H19N3O5S. The second kappa shape index (κ2) is 8.86. The maximum Gasteiger partial charge on any atom is 0.321 e. The van der Waals surface area contributed by atoms with E-state index < -0.39 is 29.1 Å². The summed E-state index contributed by atoms with van der Waals surface area (Å²) in [5.74, 6) is -1.26. The molecular weight excluding hydrogens is 394 g/mol. The number of sulfonamides is 1. The normalized spacial score (nSPS) is 13.3. The highest BCUT2D eigenvalue weighted by molar-refractivity contribution is 7.89. The number of benzene rings is 2. The highest BCUT2D eigenvalue weighted by Gasteiger charge is 2.24. The van der Waals surface area contributed by atoms with E-state index in [1.807, 2.05) is 24.3 Å². The molecule has 1 amide bonds. The number of para-hydroxylation sites is 1. The van der Waals surface area contributed by atoms with Crippen LogP contribution in [0.2, 0.25) is 0 Å². The molecule has 9 heteroatoms. The molecule has 0 fully saturated rings. The number of amides is 1. The third kappa shape index (κ3) is 4.80. The lowest BCUT2D eigenvalue weighted by Gasteiger charge is -2.29. The molecule has 0 aliphatic carbocycles. The Morgan fingerprint density at radius 2 is 1.86 bits per heavy atom. The molecule has 29 heavy (non-hydrogen) atoms. The van der Waals surface area contributed by atoms with Crippen molar-refractivity contribution in [3.8, 4) is 6.07 Å². The number of aryl methyl sites for hydroxylation is 1. The van der Waals surface area contributed by atoms with Crippen molar-refractivity contribution in [2.45, 2.75) is 17.7 Å². The van der Waals surface area contributed by atoms with Gasteiger partial charge in [0.1, 0.15) is 12.6 Å². The molecule has 0 radical (unpaired) electrons. The van der Waals surface area contributed by atoms with Gasteiger partial charge in [0.25, 0.3) is 5.91 Å². The summed E-state index contributed by atoms with van der Waals surface area (Å²) in [5, 5.41) is 9.02. The molecule has 1 heterocycles. The second-order valence-corrected chi connectivity index (χ2v) is 8.11. The Bertz CT molecular complexity index is 1080. The zero-order valence-corrected chi connectivity index (χ0v) is 16.3. The maximum atomic E-state index is 12.4. The molecule has 0 saturated carbocycles. The summed E-state index contributed by atoms with van der Waals surface area (Å²) < 4.78 is 31.6. The van der Waals surface area contributed by atoms with E-state index in [1.54, 1.807) is 11.0 Å². The summed E-state index contributed by atoms with van der Waals surface area (Å²) in [6.07, 6.45) is 1.69. The fourth-order valence-electron chi connectivity index (χ4n) is 3.09. The average molecular weight is 413 g/mol. The minimum atomic E-state index is -4.07. The van der Waals surface area contributed by atoms with Crippen LogP contribution < -0.4 is 9.62 Å². The van der Waals surface area contributed by atoms with Gasteiger partial charge in [0.2, 0.25) is 10.0 Å². The second-order valence-electron chi connectivity index (χ2n) is 6.37. The van der Waals surface area contributed by atoms with Gasteiger partial charge in [0.15, 0.2) is 6.61 Å². The van der Waals surface area contributed by atoms with Crippen molar-refractivity contribution in [2.75, 3.05) is 24.6 Å². The van der Waals surface area contributed by atoms with Gasteiger partial charge in [0.05, 0.1) is 10.5 Å². The first-order chi connectivity index (χ1) is 13.9. The lowest BCUT2D eigenvalue weighted by atomic mass is 10.0. The lowest BCUT2D eigenvalue weighted by molar-refractivity contribution is -0.146. The Morgan fingerprint density at radius 1 is 1.14 bits per heavy atom. The van der Waals surface area contributed by atoms with E-state index in [0.29, 0.717) is 6.54 Å². The summed E-state index contributed by atoms with van der Waals surface area (Å²) in [5.41, 5.74) is 1.82. The molecule has 0 atom stereocenters. The SMILES string of the molecule is N#Cc1ccccc1S(=O)(=O)NCC(=O)OCC(=O)N1CCCc2ccccc21. The van der Waals surface area contributed by atoms with Crippen LogP contribution in [0.5, 0.6) is 0 Å². The lowest BCUT2D eigenvalue weighted by Crippen LogP contribution is -2.39. The number of hydrogen-bond acceptors (Lipinski definition) is 6. The summed E-state index contributed by atoms with van der Waals surface area (Å²) in [7, 11) is -4.07. The molecule has 2 aromatic rings. The van der Waals surface area contributed by atoms with Crippen LogP contribution >= 0.6 is 0 Å². The Labute approximate surface area is 168 Å². The molecule has 8 nitrogen and oxygen atoms in total. The summed E-state index contributed by atoms with van der Waals surface area (Å²) in [6, 6.07) is 15.0. The topological polar surface area (TPSA) is 117 Å². The molecule has 0 bridgehead atoms. The van der Waals surface area contributed by atoms with Crippen LogP contribution in [0.25, 0.3) is 0 Å². The zero-order valence-electron chi connectivity index (χ0n) is 15.5. The molecule has 0 saturated heterocycles. The van der Waals surface area contributed by atoms with Gasteiger partial charge >= 0.3 is 5.97 Å². The largest absolute Gasteiger partial charge is 0.455 e. The van der Waals surface area contributed by atoms with Crippen LogP contribution in [0.15, 0.2) is 53.4 Å². The Hall–Kier alpha value is -3.22. The van der Waals surface area contributed by atoms with E-state index in [4.69, 9.17) is 10.00 Å². The average Bonchev–Trinajstić information content (AvgIpc) is 2.75. The van der Waals surface area contributed by atoms with Gasteiger partial charge in [-0.2, -0.15) is 9.98 Å². The molecule has 3 rings (SSSR count). The summed E-state index contributed by atoms with van der Waals surface area (Å²) in [6.45, 7) is -0.597. The van der Waals surface area contributed by atoms with Gasteiger partial charge in [-0.1, -0.05) is 30.3 Å². The van der Waals surface area contributed by atoms with Crippen molar-refractivity contribution in [2.24, 2.45) is 0 Å². The van der Waals surface area contributed by atoms with Gasteiger partial charge in [-0.05, 0) is 36.6 Å². The van der Waals surface area contributed by atoms with Gasteiger partial charge in [0, 0.05) is 12.2 Å². The van der Waals surface area contributed by atoms with Gasteiger partial charge in [-0.25, -0.2) is 8.42 Å². The number of nitrogens with zero attached hydrogens (tertiary/aromatic N) is 2. The third-order valence-corrected chi connectivity index (χ3v) is 5.93. The van der Waals surface area contributed by atoms with Crippen molar-refractivity contribution in [1.82, 2.24) is 4.72 Å². The molecule has 1 aliphatic rings. The number of hydrogen-bond donors (Lipinski definition) is 1. The van der Waals surface area contributed by atoms with Crippen LogP contribution in [0, 0.1) is 11.3 Å². The van der Waals surface area contributed by atoms with Crippen LogP contribution in [-0.4, -0.2) is 40.0 Å². The number of rotatable bonds is 6. The predicted molar refractivity (Wildman–Crippen MR) is 104 cm³/mol. The van der Waals surface area contributed by atoms with Crippen molar-refractivity contribution >= 4 is 27.6 Å². The smallest absolute Gasteiger partial charge is 0.321 e. The van der Waals surface area contributed by atoms with Crippen LogP contribution in [0.4, 0.5) is 5.69 Å². The van der Waals surface area contributed by atoms with Crippen LogP contribution in [0.3, 0.4) is 0 Å². The number of esters is 1. The standard InChI is InChI=1S/C20H19N3O5S/c21-12-16-7-2-4-10-18(16)29(26,27)22-13-20(25)28-14-19(24)23-11-5-8-15-6-1-3-9-17(15)23/h1-4,6-7,9-10,22H,5,8,11,13-14H2. The summed E-state index contributed by atoms with van der Waals surface area (Å²) in [4.78, 5) is 25.7. The molecule has 150 valence electrons. The maximum absolute atomic E-state index is 12.4. The molecule has 0 unspecified atom stereocenters. The van der Waals surface area contributed by atoms with E-state index in [2.05, 4.69) is 4.72 Å². The number of ether oxygens (including phenoxy) is 1. The number of nitriles is 1. The fraction of sp³-hybridized carbons (Fsp3) is 0.250. The number of carbonyl (C=O) groups is 2. The molecule has 0 aromatic heterocycles. The van der Waals surface area contributed by atoms with E-state index >= 15 is 0 Å². The molecule has 1 N–H and O–H groups in total. The monoisotopic (exact) mass is 413 g/mol. The number of fused-ring (bicyclic) bond motifs is 1. The van der Waals surface area contributed by atoms with E-state index in [9.17, 15) is 18.0 Å². The van der Waals surface area contributed by atoms with Crippen molar-refractivity contribution in [1.29, 1.82) is 5.26 Å². The highest BCUT2D eigenvalue weighted by Crippen LogP contribution is 2.26. The molecule has 2 aromatic carbocycles. The van der Waals surface area contributed by atoms with Gasteiger partial charge in [-0.15, -0.1) is 0 Å². The highest BCUT2D eigenvalue weighted by atomic mass is 32.2. The minimum Gasteiger partial charge on any atom is -0.455 e. The van der Waals surface area contributed by atoms with Crippen molar-refractivity contribution in [3.05, 3.63) is 59.7 Å². The Morgan fingerprint density at radius 3 is 2.66 bits per heavy atom. The quantitative estimate of drug-likeness (QED) is 0.715. The van der Waals surface area contributed by atoms with Crippen molar-refractivity contribution < 1.29 is 22.7 Å². The fourth-order valence-corrected chi connectivity index (χ4v) is 4.21. The van der Waals surface area contributed by atoms with E-state index in [0.717, 1.165) is 24.1 Å².